The fraction of sp³-hybridized carbons (Fsp3) is 0.312. The van der Waals surface area contributed by atoms with E-state index >= 15 is 0 Å². The zero-order chi connectivity index (χ0) is 15.1. The van der Waals surface area contributed by atoms with Crippen LogP contribution in [0, 0.1) is 12.7 Å². The van der Waals surface area contributed by atoms with Gasteiger partial charge in [0, 0.05) is 12.6 Å². The van der Waals surface area contributed by atoms with Crippen LogP contribution in [0.5, 0.6) is 0 Å². The van der Waals surface area contributed by atoms with Crippen LogP contribution in [0.1, 0.15) is 24.1 Å². The van der Waals surface area contributed by atoms with E-state index in [0.29, 0.717) is 18.3 Å². The molecule has 0 saturated heterocycles. The van der Waals surface area contributed by atoms with Gasteiger partial charge in [-0.25, -0.2) is 9.37 Å². The minimum atomic E-state index is -0.221. The lowest BCUT2D eigenvalue weighted by atomic mass is 10.2. The molecule has 0 bridgehead atoms. The lowest BCUT2D eigenvalue weighted by Gasteiger charge is -2.24. The summed E-state index contributed by atoms with van der Waals surface area (Å²) in [5, 5.41) is 4.84. The molecule has 1 fully saturated rings. The summed E-state index contributed by atoms with van der Waals surface area (Å²) < 4.78 is 18.3. The molecule has 112 valence electrons. The number of fused-ring (bicyclic) bond motifs is 1. The third-order valence-corrected chi connectivity index (χ3v) is 3.95. The standard InChI is InChI=1S/C16H15FN4O/c1-10-14-15(18-9-19-16(14)22-20-10)21(13-6-7-13)8-11-2-4-12(17)5-3-11/h2-5,9,13H,6-8H2,1H3. The highest BCUT2D eigenvalue weighted by Crippen LogP contribution is 2.36. The maximum absolute atomic E-state index is 13.1. The van der Waals surface area contributed by atoms with Crippen LogP contribution in [-0.4, -0.2) is 21.2 Å². The van der Waals surface area contributed by atoms with Crippen LogP contribution in [0.3, 0.4) is 0 Å². The molecule has 1 saturated carbocycles. The Morgan fingerprint density at radius 3 is 2.73 bits per heavy atom. The number of hydrogen-bond acceptors (Lipinski definition) is 5. The molecular formula is C16H15FN4O. The number of halogens is 1. The number of aryl methyl sites for hydroxylation is 1. The van der Waals surface area contributed by atoms with E-state index in [1.165, 1.54) is 18.5 Å². The molecule has 3 aromatic rings. The van der Waals surface area contributed by atoms with Crippen LogP contribution in [0.15, 0.2) is 35.1 Å². The highest BCUT2D eigenvalue weighted by atomic mass is 19.1. The molecule has 0 amide bonds. The summed E-state index contributed by atoms with van der Waals surface area (Å²) in [5.74, 6) is 0.622. The average molecular weight is 298 g/mol. The molecule has 0 atom stereocenters. The quantitative estimate of drug-likeness (QED) is 0.740. The largest absolute Gasteiger partial charge is 0.349 e. The number of anilines is 1. The number of hydrogen-bond donors (Lipinski definition) is 0. The van der Waals surface area contributed by atoms with Crippen molar-refractivity contribution >= 4 is 16.9 Å². The first-order valence-corrected chi connectivity index (χ1v) is 7.30. The Morgan fingerprint density at radius 2 is 2.00 bits per heavy atom. The molecule has 0 spiro atoms. The van der Waals surface area contributed by atoms with Crippen LogP contribution in [0.2, 0.25) is 0 Å². The minimum absolute atomic E-state index is 0.221. The molecule has 0 radical (unpaired) electrons. The SMILES string of the molecule is Cc1noc2ncnc(N(Cc3ccc(F)cc3)C3CC3)c12. The summed E-state index contributed by atoms with van der Waals surface area (Å²) >= 11 is 0. The molecule has 2 aromatic heterocycles. The highest BCUT2D eigenvalue weighted by Gasteiger charge is 2.32. The molecule has 2 heterocycles. The zero-order valence-corrected chi connectivity index (χ0v) is 12.2. The molecule has 1 aliphatic carbocycles. The third kappa shape index (κ3) is 2.30. The van der Waals surface area contributed by atoms with Crippen molar-refractivity contribution in [2.75, 3.05) is 4.90 Å². The summed E-state index contributed by atoms with van der Waals surface area (Å²) in [6.45, 7) is 2.57. The third-order valence-electron chi connectivity index (χ3n) is 3.95. The molecule has 22 heavy (non-hydrogen) atoms. The van der Waals surface area contributed by atoms with E-state index < -0.39 is 0 Å². The summed E-state index contributed by atoms with van der Waals surface area (Å²) in [6.07, 6.45) is 3.77. The van der Waals surface area contributed by atoms with Crippen molar-refractivity contribution in [2.45, 2.75) is 32.4 Å². The van der Waals surface area contributed by atoms with Gasteiger partial charge in [0.05, 0.1) is 5.69 Å². The highest BCUT2D eigenvalue weighted by molar-refractivity contribution is 5.88. The van der Waals surface area contributed by atoms with E-state index in [0.717, 1.165) is 35.3 Å². The van der Waals surface area contributed by atoms with Gasteiger partial charge in [-0.1, -0.05) is 17.3 Å². The van der Waals surface area contributed by atoms with Gasteiger partial charge < -0.3 is 9.42 Å². The number of nitrogens with zero attached hydrogens (tertiary/aromatic N) is 4. The molecule has 0 N–H and O–H groups in total. The van der Waals surface area contributed by atoms with Gasteiger partial charge in [0.1, 0.15) is 23.3 Å². The van der Waals surface area contributed by atoms with E-state index in [1.54, 1.807) is 0 Å². The topological polar surface area (TPSA) is 55.1 Å². The van der Waals surface area contributed by atoms with Crippen LogP contribution in [0.4, 0.5) is 10.2 Å². The molecule has 6 heteroatoms. The maximum atomic E-state index is 13.1. The van der Waals surface area contributed by atoms with Gasteiger partial charge in [-0.15, -0.1) is 0 Å². The van der Waals surface area contributed by atoms with E-state index in [1.807, 2.05) is 19.1 Å². The summed E-state index contributed by atoms with van der Waals surface area (Å²) in [7, 11) is 0. The van der Waals surface area contributed by atoms with Crippen LogP contribution < -0.4 is 4.90 Å². The lowest BCUT2D eigenvalue weighted by molar-refractivity contribution is 0.442. The zero-order valence-electron chi connectivity index (χ0n) is 12.2. The van der Waals surface area contributed by atoms with Gasteiger partial charge in [-0.2, -0.15) is 4.98 Å². The van der Waals surface area contributed by atoms with E-state index in [-0.39, 0.29) is 5.82 Å². The molecule has 5 nitrogen and oxygen atoms in total. The first-order valence-electron chi connectivity index (χ1n) is 7.30. The minimum Gasteiger partial charge on any atom is -0.349 e. The number of benzene rings is 1. The van der Waals surface area contributed by atoms with Crippen LogP contribution >= 0.6 is 0 Å². The molecule has 4 rings (SSSR count). The summed E-state index contributed by atoms with van der Waals surface area (Å²) in [6, 6.07) is 7.05. The smallest absolute Gasteiger partial charge is 0.263 e. The summed E-state index contributed by atoms with van der Waals surface area (Å²) in [5.41, 5.74) is 2.34. The molecule has 0 aliphatic heterocycles. The molecular weight excluding hydrogens is 283 g/mol. The maximum Gasteiger partial charge on any atom is 0.263 e. The second-order valence-electron chi connectivity index (χ2n) is 5.63. The predicted octanol–water partition coefficient (Wildman–Crippen LogP) is 3.23. The second kappa shape index (κ2) is 5.05. The average Bonchev–Trinajstić information content (AvgIpc) is 3.30. The van der Waals surface area contributed by atoms with Gasteiger partial charge in [-0.3, -0.25) is 0 Å². The van der Waals surface area contributed by atoms with Crippen molar-refractivity contribution in [3.8, 4) is 0 Å². The van der Waals surface area contributed by atoms with Crippen molar-refractivity contribution in [3.05, 3.63) is 47.7 Å². The first-order chi connectivity index (χ1) is 10.7. The fourth-order valence-electron chi connectivity index (χ4n) is 2.67. The lowest BCUT2D eigenvalue weighted by Crippen LogP contribution is -2.26. The Balaban J connectivity index is 1.75. The van der Waals surface area contributed by atoms with Gasteiger partial charge >= 0.3 is 0 Å². The fourth-order valence-corrected chi connectivity index (χ4v) is 2.67. The molecule has 0 unspecified atom stereocenters. The van der Waals surface area contributed by atoms with Gasteiger partial charge in [-0.05, 0) is 37.5 Å². The van der Waals surface area contributed by atoms with Gasteiger partial charge in [0.25, 0.3) is 5.71 Å². The predicted molar refractivity (Wildman–Crippen MR) is 79.9 cm³/mol. The van der Waals surface area contributed by atoms with Crippen molar-refractivity contribution in [1.29, 1.82) is 0 Å². The Hall–Kier alpha value is -2.50. The molecule has 1 aromatic carbocycles. The normalized spacial score (nSPS) is 14.5. The Morgan fingerprint density at radius 1 is 1.23 bits per heavy atom. The van der Waals surface area contributed by atoms with Gasteiger partial charge in [0.15, 0.2) is 0 Å². The number of aromatic nitrogens is 3. The van der Waals surface area contributed by atoms with Crippen LogP contribution in [-0.2, 0) is 6.54 Å². The summed E-state index contributed by atoms with van der Waals surface area (Å²) in [4.78, 5) is 10.8. The van der Waals surface area contributed by atoms with Crippen molar-refractivity contribution in [3.63, 3.8) is 0 Å². The van der Waals surface area contributed by atoms with Gasteiger partial charge in [0.2, 0.25) is 0 Å². The Bertz CT molecular complexity index is 811. The van der Waals surface area contributed by atoms with Crippen molar-refractivity contribution in [1.82, 2.24) is 15.1 Å². The first kappa shape index (κ1) is 13.2. The number of rotatable bonds is 4. The van der Waals surface area contributed by atoms with E-state index in [4.69, 9.17) is 4.52 Å². The second-order valence-corrected chi connectivity index (χ2v) is 5.63. The van der Waals surface area contributed by atoms with Crippen molar-refractivity contribution < 1.29 is 8.91 Å². The Labute approximate surface area is 126 Å². The van der Waals surface area contributed by atoms with E-state index in [9.17, 15) is 4.39 Å². The van der Waals surface area contributed by atoms with Crippen molar-refractivity contribution in [2.24, 2.45) is 0 Å². The Kier molecular flexibility index (Phi) is 3.03. The monoisotopic (exact) mass is 298 g/mol. The van der Waals surface area contributed by atoms with E-state index in [2.05, 4.69) is 20.0 Å². The molecule has 1 aliphatic rings. The van der Waals surface area contributed by atoms with Crippen LogP contribution in [0.25, 0.3) is 11.1 Å².